The molecule has 0 spiro atoms. The molecule has 1 aromatic carbocycles. The van der Waals surface area contributed by atoms with E-state index in [1.807, 2.05) is 41.3 Å². The number of para-hydroxylation sites is 2. The van der Waals surface area contributed by atoms with Crippen LogP contribution in [0.25, 0.3) is 0 Å². The van der Waals surface area contributed by atoms with Crippen LogP contribution in [-0.4, -0.2) is 37.5 Å². The minimum atomic E-state index is -0.483. The highest BCUT2D eigenvalue weighted by Crippen LogP contribution is 2.48. The molecule has 2 unspecified atom stereocenters. The molecule has 1 aromatic heterocycles. The van der Waals surface area contributed by atoms with Crippen molar-refractivity contribution in [2.45, 2.75) is 51.7 Å². The highest BCUT2D eigenvalue weighted by atomic mass is 16.5. The van der Waals surface area contributed by atoms with E-state index in [-0.39, 0.29) is 29.8 Å². The van der Waals surface area contributed by atoms with Crippen LogP contribution in [0, 0.1) is 5.41 Å². The van der Waals surface area contributed by atoms with E-state index in [1.54, 1.807) is 6.26 Å². The summed E-state index contributed by atoms with van der Waals surface area (Å²) in [6.07, 6.45) is 4.89. The molecule has 0 radical (unpaired) electrons. The van der Waals surface area contributed by atoms with Crippen LogP contribution in [0.1, 0.15) is 51.3 Å². The third-order valence-corrected chi connectivity index (χ3v) is 6.68. The zero-order valence-electron chi connectivity index (χ0n) is 19.2. The summed E-state index contributed by atoms with van der Waals surface area (Å²) in [5, 5.41) is 6.57. The standard InChI is InChI=1S/C26H31N3O4/c1-26(2)13-19-24(21(30)14-26)25(22-10-6-12-33-22)29(20-9-4-3-8-18(20)28-19)16-23(31)27-15-17-7-5-11-32-17/h3-4,6,8-10,12,17,25,28H,5,7,11,13-16H2,1-2H3,(H,27,31). The molecule has 174 valence electrons. The fraction of sp³-hybridized carbons (Fsp3) is 0.462. The molecule has 3 aliphatic rings. The first-order chi connectivity index (χ1) is 15.9. The van der Waals surface area contributed by atoms with Crippen LogP contribution < -0.4 is 15.5 Å². The molecule has 7 heteroatoms. The average Bonchev–Trinajstić information content (AvgIpc) is 3.46. The minimum Gasteiger partial charge on any atom is -0.467 e. The predicted octanol–water partition coefficient (Wildman–Crippen LogP) is 4.19. The number of allylic oxidation sites excluding steroid dienone is 1. The molecule has 2 aromatic rings. The average molecular weight is 450 g/mol. The molecule has 0 bridgehead atoms. The number of hydrogen-bond donors (Lipinski definition) is 2. The molecule has 1 amide bonds. The summed E-state index contributed by atoms with van der Waals surface area (Å²) in [5.41, 5.74) is 3.21. The summed E-state index contributed by atoms with van der Waals surface area (Å²) < 4.78 is 11.5. The maximum atomic E-state index is 13.5. The third-order valence-electron chi connectivity index (χ3n) is 6.68. The molecular formula is C26H31N3O4. The van der Waals surface area contributed by atoms with Crippen LogP contribution in [0.5, 0.6) is 0 Å². The highest BCUT2D eigenvalue weighted by molar-refractivity contribution is 6.01. The van der Waals surface area contributed by atoms with Crippen molar-refractivity contribution in [2.75, 3.05) is 29.9 Å². The number of rotatable bonds is 5. The number of nitrogens with one attached hydrogen (secondary N) is 2. The van der Waals surface area contributed by atoms with Crippen molar-refractivity contribution in [1.82, 2.24) is 5.32 Å². The molecule has 2 N–H and O–H groups in total. The van der Waals surface area contributed by atoms with Crippen molar-refractivity contribution < 1.29 is 18.7 Å². The number of ketones is 1. The van der Waals surface area contributed by atoms with Gasteiger partial charge in [0.1, 0.15) is 11.8 Å². The number of anilines is 2. The number of nitrogens with zero attached hydrogens (tertiary/aromatic N) is 1. The van der Waals surface area contributed by atoms with Crippen LogP contribution in [0.3, 0.4) is 0 Å². The normalized spacial score (nSPS) is 24.1. The Kier molecular flexibility index (Phi) is 5.74. The Morgan fingerprint density at radius 1 is 1.21 bits per heavy atom. The Balaban J connectivity index is 1.54. The van der Waals surface area contributed by atoms with Crippen LogP contribution in [-0.2, 0) is 14.3 Å². The van der Waals surface area contributed by atoms with E-state index in [9.17, 15) is 9.59 Å². The molecule has 2 atom stereocenters. The molecule has 5 rings (SSSR count). The second kappa shape index (κ2) is 8.71. The second-order valence-electron chi connectivity index (χ2n) is 9.96. The van der Waals surface area contributed by atoms with Gasteiger partial charge in [0.05, 0.1) is 30.3 Å². The number of fused-ring (bicyclic) bond motifs is 1. The van der Waals surface area contributed by atoms with Crippen LogP contribution in [0.4, 0.5) is 11.4 Å². The van der Waals surface area contributed by atoms with Gasteiger partial charge in [-0.05, 0) is 48.9 Å². The lowest BCUT2D eigenvalue weighted by atomic mass is 9.74. The van der Waals surface area contributed by atoms with Gasteiger partial charge >= 0.3 is 0 Å². The van der Waals surface area contributed by atoms with Gasteiger partial charge in [-0.1, -0.05) is 26.0 Å². The lowest BCUT2D eigenvalue weighted by Gasteiger charge is -2.36. The summed E-state index contributed by atoms with van der Waals surface area (Å²) in [6.45, 7) is 5.58. The number of carbonyl (C=O) groups excluding carboxylic acids is 2. The number of Topliss-reactive ketones (excluding diaryl/α,β-unsaturated/α-hetero) is 1. The summed E-state index contributed by atoms with van der Waals surface area (Å²) in [5.74, 6) is 0.637. The van der Waals surface area contributed by atoms with E-state index in [1.165, 1.54) is 0 Å². The Morgan fingerprint density at radius 3 is 2.82 bits per heavy atom. The molecule has 33 heavy (non-hydrogen) atoms. The quantitative estimate of drug-likeness (QED) is 0.712. The molecule has 7 nitrogen and oxygen atoms in total. The van der Waals surface area contributed by atoms with Crippen LogP contribution in [0.15, 0.2) is 58.3 Å². The summed E-state index contributed by atoms with van der Waals surface area (Å²) in [7, 11) is 0. The van der Waals surface area contributed by atoms with E-state index in [0.717, 1.165) is 42.9 Å². The van der Waals surface area contributed by atoms with Gasteiger partial charge in [0, 0.05) is 30.8 Å². The zero-order valence-corrected chi connectivity index (χ0v) is 19.2. The Labute approximate surface area is 194 Å². The molecule has 1 saturated heterocycles. The summed E-state index contributed by atoms with van der Waals surface area (Å²) in [4.78, 5) is 28.6. The van der Waals surface area contributed by atoms with E-state index in [2.05, 4.69) is 24.5 Å². The highest BCUT2D eigenvalue weighted by Gasteiger charge is 2.42. The lowest BCUT2D eigenvalue weighted by Crippen LogP contribution is -2.43. The van der Waals surface area contributed by atoms with Gasteiger partial charge in [-0.2, -0.15) is 0 Å². The number of benzene rings is 1. The number of amides is 1. The first-order valence-corrected chi connectivity index (χ1v) is 11.7. The fourth-order valence-corrected chi connectivity index (χ4v) is 5.21. The Hall–Kier alpha value is -3.06. The van der Waals surface area contributed by atoms with E-state index in [0.29, 0.717) is 24.3 Å². The van der Waals surface area contributed by atoms with Crippen LogP contribution in [0.2, 0.25) is 0 Å². The van der Waals surface area contributed by atoms with E-state index >= 15 is 0 Å². The van der Waals surface area contributed by atoms with E-state index < -0.39 is 6.04 Å². The monoisotopic (exact) mass is 449 g/mol. The van der Waals surface area contributed by atoms with Crippen LogP contribution >= 0.6 is 0 Å². The number of ether oxygens (including phenoxy) is 1. The van der Waals surface area contributed by atoms with Gasteiger partial charge in [-0.15, -0.1) is 0 Å². The fourth-order valence-electron chi connectivity index (χ4n) is 5.21. The molecule has 0 saturated carbocycles. The Morgan fingerprint density at radius 2 is 2.06 bits per heavy atom. The lowest BCUT2D eigenvalue weighted by molar-refractivity contribution is -0.121. The van der Waals surface area contributed by atoms with Gasteiger partial charge < -0.3 is 24.7 Å². The smallest absolute Gasteiger partial charge is 0.239 e. The first-order valence-electron chi connectivity index (χ1n) is 11.7. The maximum absolute atomic E-state index is 13.5. The van der Waals surface area contributed by atoms with Crippen molar-refractivity contribution in [3.8, 4) is 0 Å². The van der Waals surface area contributed by atoms with E-state index in [4.69, 9.17) is 9.15 Å². The number of carbonyl (C=O) groups is 2. The van der Waals surface area contributed by atoms with Gasteiger partial charge in [0.2, 0.25) is 5.91 Å². The number of hydrogen-bond acceptors (Lipinski definition) is 6. The van der Waals surface area contributed by atoms with Crippen molar-refractivity contribution >= 4 is 23.1 Å². The molecular weight excluding hydrogens is 418 g/mol. The largest absolute Gasteiger partial charge is 0.467 e. The second-order valence-corrected chi connectivity index (χ2v) is 9.96. The number of furan rings is 1. The molecule has 1 aliphatic carbocycles. The third kappa shape index (κ3) is 4.42. The molecule has 3 heterocycles. The summed E-state index contributed by atoms with van der Waals surface area (Å²) in [6, 6.07) is 11.1. The van der Waals surface area contributed by atoms with Crippen molar-refractivity contribution in [3.05, 3.63) is 59.7 Å². The Bertz CT molecular complexity index is 1070. The zero-order chi connectivity index (χ0) is 23.0. The van der Waals surface area contributed by atoms with Gasteiger partial charge in [-0.25, -0.2) is 0 Å². The topological polar surface area (TPSA) is 83.8 Å². The van der Waals surface area contributed by atoms with Crippen molar-refractivity contribution in [2.24, 2.45) is 5.41 Å². The van der Waals surface area contributed by atoms with Gasteiger partial charge in [0.15, 0.2) is 5.78 Å². The van der Waals surface area contributed by atoms with Crippen molar-refractivity contribution in [1.29, 1.82) is 0 Å². The molecule has 1 fully saturated rings. The minimum absolute atomic E-state index is 0.0735. The predicted molar refractivity (Wildman–Crippen MR) is 126 cm³/mol. The maximum Gasteiger partial charge on any atom is 0.239 e. The van der Waals surface area contributed by atoms with Gasteiger partial charge in [0.25, 0.3) is 0 Å². The van der Waals surface area contributed by atoms with Crippen molar-refractivity contribution in [3.63, 3.8) is 0 Å². The first kappa shape index (κ1) is 21.8. The summed E-state index contributed by atoms with van der Waals surface area (Å²) >= 11 is 0. The van der Waals surface area contributed by atoms with Gasteiger partial charge in [-0.3, -0.25) is 9.59 Å². The SMILES string of the molecule is CC1(C)CC(=O)C2=C(C1)Nc1ccccc1N(CC(=O)NCC1CCCO1)C2c1ccco1. The molecule has 2 aliphatic heterocycles.